The van der Waals surface area contributed by atoms with Crippen LogP contribution in [0, 0.1) is 6.92 Å². The highest BCUT2D eigenvalue weighted by Crippen LogP contribution is 2.35. The molecule has 40 heavy (non-hydrogen) atoms. The lowest BCUT2D eigenvalue weighted by Crippen LogP contribution is -2.46. The molecule has 10 nitrogen and oxygen atoms in total. The summed E-state index contributed by atoms with van der Waals surface area (Å²) >= 11 is 0. The van der Waals surface area contributed by atoms with Crippen LogP contribution in [0.4, 0.5) is 41.1 Å². The zero-order valence-electron chi connectivity index (χ0n) is 22.0. The Morgan fingerprint density at radius 3 is 2.62 bits per heavy atom. The van der Waals surface area contributed by atoms with Crippen molar-refractivity contribution < 1.29 is 27.5 Å². The molecule has 1 aromatic heterocycles. The van der Waals surface area contributed by atoms with Gasteiger partial charge < -0.3 is 15.8 Å². The summed E-state index contributed by atoms with van der Waals surface area (Å²) < 4.78 is 47.1. The van der Waals surface area contributed by atoms with E-state index in [0.29, 0.717) is 49.1 Å². The maximum absolute atomic E-state index is 13.9. The molecule has 5 rings (SSSR count). The molecule has 0 unspecified atom stereocenters. The Hall–Kier alpha value is -4.23. The molecule has 3 amide bonds. The molecule has 13 heteroatoms. The van der Waals surface area contributed by atoms with Gasteiger partial charge in [-0.3, -0.25) is 19.5 Å². The number of nitrogens with two attached hydrogens (primary N) is 1. The van der Waals surface area contributed by atoms with Gasteiger partial charge in [0.25, 0.3) is 5.91 Å². The molecule has 0 spiro atoms. The first kappa shape index (κ1) is 27.3. The summed E-state index contributed by atoms with van der Waals surface area (Å²) in [5.74, 6) is -0.238. The molecular formula is C27H28F3N7O3. The van der Waals surface area contributed by atoms with Gasteiger partial charge in [0.2, 0.25) is 5.95 Å². The van der Waals surface area contributed by atoms with Crippen LogP contribution >= 0.6 is 0 Å². The number of fused-ring (bicyclic) bond motifs is 1. The van der Waals surface area contributed by atoms with Crippen molar-refractivity contribution in [3.05, 3.63) is 70.4 Å². The van der Waals surface area contributed by atoms with Crippen molar-refractivity contribution in [3.8, 4) is 0 Å². The van der Waals surface area contributed by atoms with Gasteiger partial charge in [0.05, 0.1) is 31.0 Å². The highest BCUT2D eigenvalue weighted by atomic mass is 19.4. The molecule has 3 N–H and O–H groups in total. The number of benzene rings is 2. The third-order valence-electron chi connectivity index (χ3n) is 6.96. The number of aromatic nitrogens is 2. The van der Waals surface area contributed by atoms with E-state index >= 15 is 0 Å². The predicted molar refractivity (Wildman–Crippen MR) is 143 cm³/mol. The van der Waals surface area contributed by atoms with Crippen molar-refractivity contribution in [1.82, 2.24) is 14.9 Å². The first-order chi connectivity index (χ1) is 19.0. The van der Waals surface area contributed by atoms with Gasteiger partial charge in [-0.1, -0.05) is 12.1 Å². The lowest BCUT2D eigenvalue weighted by Gasteiger charge is -2.34. The molecular weight excluding hydrogens is 527 g/mol. The number of urea groups is 1. The van der Waals surface area contributed by atoms with E-state index in [9.17, 15) is 22.8 Å². The average molecular weight is 556 g/mol. The zero-order valence-corrected chi connectivity index (χ0v) is 22.0. The fraction of sp³-hybridized carbons (Fsp3) is 0.333. The van der Waals surface area contributed by atoms with Crippen molar-refractivity contribution >= 4 is 35.1 Å². The van der Waals surface area contributed by atoms with Gasteiger partial charge in [-0.25, -0.2) is 9.78 Å². The minimum absolute atomic E-state index is 0.0514. The Morgan fingerprint density at radius 2 is 1.90 bits per heavy atom. The molecule has 3 heterocycles. The third kappa shape index (κ3) is 5.56. The number of hydrogen-bond donors (Lipinski definition) is 2. The number of halogens is 3. The van der Waals surface area contributed by atoms with Gasteiger partial charge in [-0.05, 0) is 42.3 Å². The number of morpholine rings is 1. The normalized spacial score (nSPS) is 16.2. The van der Waals surface area contributed by atoms with E-state index in [4.69, 9.17) is 10.5 Å². The number of carbonyl (C=O) groups is 2. The van der Waals surface area contributed by atoms with Gasteiger partial charge in [0.1, 0.15) is 5.82 Å². The number of hydrogen-bond acceptors (Lipinski definition) is 7. The molecule has 0 saturated carbocycles. The summed E-state index contributed by atoms with van der Waals surface area (Å²) in [6.45, 7) is 4.11. The molecule has 0 bridgehead atoms. The van der Waals surface area contributed by atoms with E-state index in [1.165, 1.54) is 21.9 Å². The molecule has 3 aromatic rings. The Kier molecular flexibility index (Phi) is 7.34. The minimum atomic E-state index is -4.62. The average Bonchev–Trinajstić information content (AvgIpc) is 2.92. The number of aryl methyl sites for hydroxylation is 1. The Bertz CT molecular complexity index is 1460. The second-order valence-electron chi connectivity index (χ2n) is 9.72. The first-order valence-corrected chi connectivity index (χ1v) is 12.6. The Morgan fingerprint density at radius 1 is 1.15 bits per heavy atom. The van der Waals surface area contributed by atoms with E-state index in [1.54, 1.807) is 31.4 Å². The van der Waals surface area contributed by atoms with Gasteiger partial charge in [-0.15, -0.1) is 0 Å². The van der Waals surface area contributed by atoms with Crippen LogP contribution in [0.1, 0.15) is 32.6 Å². The standard InChI is InChI=1S/C27H28F3N7O3/c1-16-3-6-20(12-22(16)37-15-19-13-32-25(31)34-23(19)35(2)26(37)39)33-24(38)17-4-5-18(21(11-17)27(28,29)30)14-36-7-9-40-10-8-36/h3-6,11-13H,7-10,14-15H2,1-2H3,(H,33,38)(H2,31,32,34). The lowest BCUT2D eigenvalue weighted by atomic mass is 10.0. The molecule has 2 aliphatic rings. The van der Waals surface area contributed by atoms with Crippen LogP contribution < -0.4 is 20.9 Å². The number of carbonyl (C=O) groups excluding carboxylic acids is 2. The van der Waals surface area contributed by atoms with Crippen molar-refractivity contribution in [2.45, 2.75) is 26.2 Å². The topological polar surface area (TPSA) is 117 Å². The summed E-state index contributed by atoms with van der Waals surface area (Å²) in [5.41, 5.74) is 7.08. The Labute approximate surface area is 228 Å². The summed E-state index contributed by atoms with van der Waals surface area (Å²) in [6.07, 6.45) is -3.07. The molecule has 0 atom stereocenters. The second kappa shape index (κ2) is 10.7. The first-order valence-electron chi connectivity index (χ1n) is 12.6. The van der Waals surface area contributed by atoms with Crippen LogP contribution in [0.2, 0.25) is 0 Å². The van der Waals surface area contributed by atoms with E-state index in [2.05, 4.69) is 15.3 Å². The van der Waals surface area contributed by atoms with Crippen molar-refractivity contribution in [2.24, 2.45) is 0 Å². The number of nitrogen functional groups attached to an aromatic ring is 1. The molecule has 1 saturated heterocycles. The van der Waals surface area contributed by atoms with Gasteiger partial charge in [0, 0.05) is 49.7 Å². The van der Waals surface area contributed by atoms with Gasteiger partial charge in [-0.2, -0.15) is 18.2 Å². The largest absolute Gasteiger partial charge is 0.416 e. The van der Waals surface area contributed by atoms with E-state index in [-0.39, 0.29) is 36.2 Å². The van der Waals surface area contributed by atoms with Gasteiger partial charge in [0.15, 0.2) is 0 Å². The van der Waals surface area contributed by atoms with E-state index < -0.39 is 17.6 Å². The lowest BCUT2D eigenvalue weighted by molar-refractivity contribution is -0.138. The minimum Gasteiger partial charge on any atom is -0.379 e. The van der Waals surface area contributed by atoms with Crippen LogP contribution in [0.15, 0.2) is 42.6 Å². The highest BCUT2D eigenvalue weighted by molar-refractivity contribution is 6.07. The maximum Gasteiger partial charge on any atom is 0.416 e. The quantitative estimate of drug-likeness (QED) is 0.488. The summed E-state index contributed by atoms with van der Waals surface area (Å²) in [4.78, 5) is 39.1. The Balaban J connectivity index is 1.38. The van der Waals surface area contributed by atoms with Crippen molar-refractivity contribution in [2.75, 3.05) is 54.2 Å². The number of rotatable bonds is 5. The van der Waals surface area contributed by atoms with Crippen LogP contribution in [0.25, 0.3) is 0 Å². The third-order valence-corrected chi connectivity index (χ3v) is 6.96. The van der Waals surface area contributed by atoms with Crippen LogP contribution in [0.5, 0.6) is 0 Å². The van der Waals surface area contributed by atoms with Crippen LogP contribution in [-0.4, -0.2) is 60.2 Å². The van der Waals surface area contributed by atoms with Crippen LogP contribution in [-0.2, 0) is 24.0 Å². The second-order valence-corrected chi connectivity index (χ2v) is 9.72. The summed E-state index contributed by atoms with van der Waals surface area (Å²) in [6, 6.07) is 8.22. The number of alkyl halides is 3. The molecule has 2 aromatic carbocycles. The molecule has 0 aliphatic carbocycles. The number of nitrogens with one attached hydrogen (secondary N) is 1. The number of anilines is 4. The zero-order chi connectivity index (χ0) is 28.6. The summed E-state index contributed by atoms with van der Waals surface area (Å²) in [5, 5.41) is 2.67. The molecule has 2 aliphatic heterocycles. The molecule has 0 radical (unpaired) electrons. The van der Waals surface area contributed by atoms with E-state index in [0.717, 1.165) is 11.6 Å². The smallest absolute Gasteiger partial charge is 0.379 e. The number of nitrogens with zero attached hydrogens (tertiary/aromatic N) is 5. The highest BCUT2D eigenvalue weighted by Gasteiger charge is 2.35. The monoisotopic (exact) mass is 555 g/mol. The number of ether oxygens (including phenoxy) is 1. The van der Waals surface area contributed by atoms with Crippen LogP contribution in [0.3, 0.4) is 0 Å². The molecule has 1 fully saturated rings. The molecule has 210 valence electrons. The SMILES string of the molecule is Cc1ccc(NC(=O)c2ccc(CN3CCOCC3)c(C(F)(F)F)c2)cc1N1Cc2cnc(N)nc2N(C)C1=O. The number of amides is 3. The predicted octanol–water partition coefficient (Wildman–Crippen LogP) is 4.05. The summed E-state index contributed by atoms with van der Waals surface area (Å²) in [7, 11) is 1.57. The van der Waals surface area contributed by atoms with Crippen molar-refractivity contribution in [3.63, 3.8) is 0 Å². The van der Waals surface area contributed by atoms with Gasteiger partial charge >= 0.3 is 12.2 Å². The fourth-order valence-electron chi connectivity index (χ4n) is 4.81. The maximum atomic E-state index is 13.9. The van der Waals surface area contributed by atoms with E-state index in [1.807, 2.05) is 11.8 Å². The van der Waals surface area contributed by atoms with Crippen molar-refractivity contribution in [1.29, 1.82) is 0 Å². The fourth-order valence-corrected chi connectivity index (χ4v) is 4.81.